The Labute approximate surface area is 266 Å². The number of halogens is 1. The molecule has 0 bridgehead atoms. The molecule has 0 aromatic rings. The number of thiol groups is 1. The zero-order valence-corrected chi connectivity index (χ0v) is 30.7. The van der Waals surface area contributed by atoms with Gasteiger partial charge < -0.3 is 0 Å². The van der Waals surface area contributed by atoms with Gasteiger partial charge in [0.05, 0.1) is 0 Å². The summed E-state index contributed by atoms with van der Waals surface area (Å²) in [7, 11) is -1.31. The molecule has 0 amide bonds. The third-order valence-electron chi connectivity index (χ3n) is 8.93. The van der Waals surface area contributed by atoms with Crippen molar-refractivity contribution in [2.24, 2.45) is 0 Å². The van der Waals surface area contributed by atoms with Gasteiger partial charge in [0, 0.05) is 0 Å². The van der Waals surface area contributed by atoms with E-state index >= 15 is 0 Å². The zero-order chi connectivity index (χ0) is 29.2. The van der Waals surface area contributed by atoms with Crippen LogP contribution in [0, 0.1) is 0 Å². The summed E-state index contributed by atoms with van der Waals surface area (Å²) in [6, 6.07) is 1.30. The minimum absolute atomic E-state index is 1.07. The first kappa shape index (κ1) is 40.9. The van der Waals surface area contributed by atoms with Crippen LogP contribution in [0.5, 0.6) is 0 Å². The molecule has 0 spiro atoms. The summed E-state index contributed by atoms with van der Waals surface area (Å²) in [5.41, 5.74) is 0. The van der Waals surface area contributed by atoms with Crippen molar-refractivity contribution in [1.82, 2.24) is 0 Å². The van der Waals surface area contributed by atoms with E-state index in [0.29, 0.717) is 0 Å². The molecule has 0 aromatic carbocycles. The van der Waals surface area contributed by atoms with Crippen LogP contribution in [-0.4, -0.2) is 13.1 Å². The Morgan fingerprint density at radius 1 is 0.300 bits per heavy atom. The van der Waals surface area contributed by atoms with Crippen LogP contribution in [-0.2, 0) is 0 Å². The van der Waals surface area contributed by atoms with Crippen molar-refractivity contribution in [2.75, 3.05) is 5.75 Å². The molecule has 0 aliphatic heterocycles. The van der Waals surface area contributed by atoms with Crippen molar-refractivity contribution in [3.63, 3.8) is 0 Å². The molecule has 0 saturated heterocycles. The molecule has 0 unspecified atom stereocenters. The summed E-state index contributed by atoms with van der Waals surface area (Å²) in [6.45, 7) is 4.55. The van der Waals surface area contributed by atoms with Crippen molar-refractivity contribution in [3.8, 4) is 0 Å². The lowest BCUT2D eigenvalue weighted by Gasteiger charge is -2.11. The first-order valence-corrected chi connectivity index (χ1v) is 23.7. The first-order chi connectivity index (χ1) is 19.6. The molecule has 40 heavy (non-hydrogen) atoms. The summed E-state index contributed by atoms with van der Waals surface area (Å²) >= 11 is 10.7. The highest BCUT2D eigenvalue weighted by Crippen LogP contribution is 2.20. The quantitative estimate of drug-likeness (QED) is 0.0311. The molecule has 242 valence electrons. The van der Waals surface area contributed by atoms with Crippen molar-refractivity contribution < 1.29 is 0 Å². The highest BCUT2D eigenvalue weighted by Gasteiger charge is 2.15. The van der Waals surface area contributed by atoms with Gasteiger partial charge in [-0.05, 0) is 18.2 Å². The minimum Gasteiger partial charge on any atom is -0.179 e. The summed E-state index contributed by atoms with van der Waals surface area (Å²) in [5.74, 6) is 1.07. The third kappa shape index (κ3) is 38.9. The van der Waals surface area contributed by atoms with Crippen LogP contribution < -0.4 is 0 Å². The van der Waals surface area contributed by atoms with Gasteiger partial charge in [0.15, 0.2) is 0 Å². The molecule has 0 radical (unpaired) electrons. The van der Waals surface area contributed by atoms with Crippen LogP contribution in [0.1, 0.15) is 212 Å². The molecule has 0 saturated carbocycles. The fourth-order valence-electron chi connectivity index (χ4n) is 6.14. The van der Waals surface area contributed by atoms with Crippen molar-refractivity contribution >= 4 is 31.1 Å². The Bertz CT molecular complexity index is 450. The van der Waals surface area contributed by atoms with E-state index in [1.807, 2.05) is 0 Å². The zero-order valence-electron chi connectivity index (χ0n) is 28.1. The molecule has 0 fully saturated rings. The monoisotopic (exact) mass is 617 g/mol. The molecule has 0 nitrogen and oxygen atoms in total. The Kier molecular flexibility index (Phi) is 35.1. The van der Waals surface area contributed by atoms with Crippen LogP contribution in [0.3, 0.4) is 0 Å². The van der Waals surface area contributed by atoms with E-state index < -0.39 is 7.38 Å². The molecule has 0 rings (SSSR count). The van der Waals surface area contributed by atoms with E-state index in [4.69, 9.17) is 11.1 Å². The van der Waals surface area contributed by atoms with Crippen LogP contribution >= 0.6 is 23.7 Å². The number of unbranched alkanes of at least 4 members (excludes halogenated alkanes) is 32. The van der Waals surface area contributed by atoms with Crippen LogP contribution in [0.4, 0.5) is 0 Å². The van der Waals surface area contributed by atoms with E-state index in [9.17, 15) is 0 Å². The van der Waals surface area contributed by atoms with Crippen molar-refractivity contribution in [1.29, 1.82) is 0 Å². The van der Waals surface area contributed by atoms with Gasteiger partial charge in [-0.2, -0.15) is 23.7 Å². The molecule has 0 atom stereocenters. The Balaban J connectivity index is 3.04. The van der Waals surface area contributed by atoms with E-state index in [0.717, 1.165) is 5.75 Å². The second-order valence-electron chi connectivity index (χ2n) is 13.9. The smallest absolute Gasteiger partial charge is 0.150 e. The first-order valence-electron chi connectivity index (χ1n) is 18.9. The van der Waals surface area contributed by atoms with Gasteiger partial charge >= 0.3 is 0 Å². The van der Waals surface area contributed by atoms with Gasteiger partial charge in [0.25, 0.3) is 0 Å². The number of hydrogen-bond acceptors (Lipinski definition) is 1. The topological polar surface area (TPSA) is 0 Å². The van der Waals surface area contributed by atoms with E-state index in [1.54, 1.807) is 0 Å². The Morgan fingerprint density at radius 2 is 0.450 bits per heavy atom. The van der Waals surface area contributed by atoms with E-state index in [2.05, 4.69) is 25.7 Å². The fourth-order valence-corrected chi connectivity index (χ4v) is 7.85. The predicted molar refractivity (Wildman–Crippen MR) is 194 cm³/mol. The lowest BCUT2D eigenvalue weighted by atomic mass is 10.0. The number of rotatable bonds is 35. The minimum atomic E-state index is -1.31. The standard InChI is InChI=1S/C37H77ClSSi/c1-40(2,38)37-35-33-31-29-27-25-23-21-19-17-15-13-11-9-7-5-3-4-6-8-10-12-14-16-18-20-22-24-26-28-30-32-34-36-39/h39H,3-37H2,1-2H3. The molecule has 0 aromatic heterocycles. The average molecular weight is 618 g/mol. The summed E-state index contributed by atoms with van der Waals surface area (Å²) in [6.07, 6.45) is 48.2. The van der Waals surface area contributed by atoms with Gasteiger partial charge in [-0.3, -0.25) is 0 Å². The van der Waals surface area contributed by atoms with E-state index in [1.165, 1.54) is 218 Å². The van der Waals surface area contributed by atoms with Gasteiger partial charge in [0.2, 0.25) is 0 Å². The average Bonchev–Trinajstić information content (AvgIpc) is 2.92. The highest BCUT2D eigenvalue weighted by atomic mass is 35.6. The lowest BCUT2D eigenvalue weighted by molar-refractivity contribution is 0.512. The largest absolute Gasteiger partial charge is 0.179 e. The number of hydrogen-bond donors (Lipinski definition) is 1. The maximum absolute atomic E-state index is 6.40. The van der Waals surface area contributed by atoms with Crippen LogP contribution in [0.25, 0.3) is 0 Å². The molecular formula is C37H77ClSSi. The van der Waals surface area contributed by atoms with Gasteiger partial charge in [-0.25, -0.2) is 0 Å². The van der Waals surface area contributed by atoms with Gasteiger partial charge in [0.1, 0.15) is 7.38 Å². The fraction of sp³-hybridized carbons (Fsp3) is 1.00. The normalized spacial score (nSPS) is 12.0. The molecule has 0 aliphatic carbocycles. The maximum Gasteiger partial charge on any atom is 0.150 e. The molecule has 3 heteroatoms. The second kappa shape index (κ2) is 34.3. The van der Waals surface area contributed by atoms with Crippen LogP contribution in [0.15, 0.2) is 0 Å². The SMILES string of the molecule is C[Si](C)(Cl)CCCCCCCCCCCCCCCCCCCCCCCCCCCCCCCCCCCS. The summed E-state index contributed by atoms with van der Waals surface area (Å²) in [4.78, 5) is 0. The van der Waals surface area contributed by atoms with E-state index in [-0.39, 0.29) is 0 Å². The Hall–Kier alpha value is 0.857. The molecule has 0 N–H and O–H groups in total. The lowest BCUT2D eigenvalue weighted by Crippen LogP contribution is -2.14. The molecule has 0 heterocycles. The maximum atomic E-state index is 6.40. The summed E-state index contributed by atoms with van der Waals surface area (Å²) < 4.78 is 0. The molecule has 0 aliphatic rings. The second-order valence-corrected chi connectivity index (χ2v) is 21.3. The van der Waals surface area contributed by atoms with Crippen molar-refractivity contribution in [3.05, 3.63) is 0 Å². The van der Waals surface area contributed by atoms with Gasteiger partial charge in [-0.15, -0.1) is 0 Å². The molecular weight excluding hydrogens is 540 g/mol. The predicted octanol–water partition coefficient (Wildman–Crippen LogP) is 15.2. The van der Waals surface area contributed by atoms with Crippen molar-refractivity contribution in [2.45, 2.75) is 231 Å². The highest BCUT2D eigenvalue weighted by molar-refractivity contribution is 7.80. The third-order valence-corrected chi connectivity index (χ3v) is 11.4. The van der Waals surface area contributed by atoms with Crippen LogP contribution in [0.2, 0.25) is 19.1 Å². The van der Waals surface area contributed by atoms with Gasteiger partial charge in [-0.1, -0.05) is 219 Å². The summed E-state index contributed by atoms with van der Waals surface area (Å²) in [5, 5.41) is 0. The Morgan fingerprint density at radius 3 is 0.600 bits per heavy atom.